The van der Waals surface area contributed by atoms with Crippen molar-refractivity contribution in [3.63, 3.8) is 0 Å². The van der Waals surface area contributed by atoms with E-state index in [2.05, 4.69) is 42.7 Å². The van der Waals surface area contributed by atoms with Gasteiger partial charge in [0.25, 0.3) is 0 Å². The summed E-state index contributed by atoms with van der Waals surface area (Å²) in [4.78, 5) is 12.6. The van der Waals surface area contributed by atoms with Crippen LogP contribution in [0, 0.1) is 0 Å². The molecule has 1 unspecified atom stereocenters. The number of benzene rings is 1. The third-order valence-corrected chi connectivity index (χ3v) is 4.89. The Labute approximate surface area is 127 Å². The van der Waals surface area contributed by atoms with Crippen LogP contribution in [0.15, 0.2) is 18.2 Å². The van der Waals surface area contributed by atoms with Gasteiger partial charge in [0.15, 0.2) is 0 Å². The summed E-state index contributed by atoms with van der Waals surface area (Å²) in [5.41, 5.74) is 3.86. The Bertz CT molecular complexity index is 518. The highest BCUT2D eigenvalue weighted by Crippen LogP contribution is 2.28. The van der Waals surface area contributed by atoms with Gasteiger partial charge in [-0.3, -0.25) is 4.79 Å². The van der Waals surface area contributed by atoms with E-state index < -0.39 is 0 Å². The van der Waals surface area contributed by atoms with Crippen molar-refractivity contribution in [1.82, 2.24) is 10.6 Å². The molecule has 1 saturated carbocycles. The first-order chi connectivity index (χ1) is 10.1. The van der Waals surface area contributed by atoms with Gasteiger partial charge in [-0.1, -0.05) is 44.9 Å². The van der Waals surface area contributed by atoms with Crippen molar-refractivity contribution in [1.29, 1.82) is 0 Å². The quantitative estimate of drug-likeness (QED) is 0.896. The molecule has 3 heteroatoms. The number of rotatable bonds is 3. The smallest absolute Gasteiger partial charge is 0.229 e. The van der Waals surface area contributed by atoms with Crippen molar-refractivity contribution < 1.29 is 4.79 Å². The van der Waals surface area contributed by atoms with Gasteiger partial charge in [-0.15, -0.1) is 0 Å². The van der Waals surface area contributed by atoms with Crippen LogP contribution in [0.5, 0.6) is 0 Å². The second-order valence-corrected chi connectivity index (χ2v) is 6.79. The Morgan fingerprint density at radius 1 is 1.29 bits per heavy atom. The maximum atomic E-state index is 12.6. The van der Waals surface area contributed by atoms with Crippen molar-refractivity contribution in [2.24, 2.45) is 0 Å². The lowest BCUT2D eigenvalue weighted by Gasteiger charge is -2.27. The van der Waals surface area contributed by atoms with Gasteiger partial charge in [-0.25, -0.2) is 0 Å². The van der Waals surface area contributed by atoms with Crippen LogP contribution < -0.4 is 10.6 Å². The minimum absolute atomic E-state index is 0.0319. The summed E-state index contributed by atoms with van der Waals surface area (Å²) >= 11 is 0. The normalized spacial score (nSPS) is 22.3. The molecule has 2 N–H and O–H groups in total. The number of amides is 1. The van der Waals surface area contributed by atoms with E-state index in [1.165, 1.54) is 29.5 Å². The predicted octanol–water partition coefficient (Wildman–Crippen LogP) is 3.06. The number of hydrogen-bond donors (Lipinski definition) is 2. The fraction of sp³-hybridized carbons (Fsp3) is 0.611. The van der Waals surface area contributed by atoms with Gasteiger partial charge in [0.1, 0.15) is 0 Å². The topological polar surface area (TPSA) is 41.1 Å². The largest absolute Gasteiger partial charge is 0.353 e. The second kappa shape index (κ2) is 6.18. The molecular weight excluding hydrogens is 260 g/mol. The summed E-state index contributed by atoms with van der Waals surface area (Å²) in [5, 5.41) is 6.65. The highest BCUT2D eigenvalue weighted by molar-refractivity contribution is 5.85. The average molecular weight is 286 g/mol. The van der Waals surface area contributed by atoms with Crippen LogP contribution in [0.25, 0.3) is 0 Å². The molecule has 1 aliphatic carbocycles. The summed E-state index contributed by atoms with van der Waals surface area (Å²) < 4.78 is 0. The Morgan fingerprint density at radius 2 is 2.05 bits per heavy atom. The van der Waals surface area contributed by atoms with E-state index in [0.717, 1.165) is 25.9 Å². The van der Waals surface area contributed by atoms with Crippen LogP contribution in [0.4, 0.5) is 0 Å². The standard InChI is InChI=1S/C18H26N2O/c1-12(2)13-7-8-16-14(9-13)10-19-11-17(16)18(21)20-15-5-3-4-6-15/h7-9,12,15,17,19H,3-6,10-11H2,1-2H3,(H,20,21). The van der Waals surface area contributed by atoms with E-state index in [1.54, 1.807) is 0 Å². The Morgan fingerprint density at radius 3 is 2.76 bits per heavy atom. The van der Waals surface area contributed by atoms with Gasteiger partial charge in [-0.2, -0.15) is 0 Å². The fourth-order valence-corrected chi connectivity index (χ4v) is 3.54. The molecule has 1 aromatic carbocycles. The molecule has 3 rings (SSSR count). The fourth-order valence-electron chi connectivity index (χ4n) is 3.54. The van der Waals surface area contributed by atoms with Gasteiger partial charge in [-0.05, 0) is 35.4 Å². The van der Waals surface area contributed by atoms with Crippen LogP contribution in [0.1, 0.15) is 68.1 Å². The monoisotopic (exact) mass is 286 g/mol. The van der Waals surface area contributed by atoms with E-state index in [1.807, 2.05) is 0 Å². The van der Waals surface area contributed by atoms with Gasteiger partial charge in [0, 0.05) is 19.1 Å². The van der Waals surface area contributed by atoms with Crippen LogP contribution in [0.2, 0.25) is 0 Å². The highest BCUT2D eigenvalue weighted by Gasteiger charge is 2.28. The molecule has 1 atom stereocenters. The molecule has 3 nitrogen and oxygen atoms in total. The van der Waals surface area contributed by atoms with Crippen molar-refractivity contribution >= 4 is 5.91 Å². The van der Waals surface area contributed by atoms with E-state index >= 15 is 0 Å². The van der Waals surface area contributed by atoms with Crippen LogP contribution in [-0.2, 0) is 11.3 Å². The van der Waals surface area contributed by atoms with Crippen molar-refractivity contribution in [3.05, 3.63) is 34.9 Å². The first-order valence-corrected chi connectivity index (χ1v) is 8.29. The van der Waals surface area contributed by atoms with E-state index in [4.69, 9.17) is 0 Å². The van der Waals surface area contributed by atoms with Crippen molar-refractivity contribution in [2.45, 2.75) is 64.0 Å². The maximum absolute atomic E-state index is 12.6. The summed E-state index contributed by atoms with van der Waals surface area (Å²) in [7, 11) is 0. The molecule has 1 heterocycles. The van der Waals surface area contributed by atoms with E-state index in [9.17, 15) is 4.79 Å². The number of hydrogen-bond acceptors (Lipinski definition) is 2. The Kier molecular flexibility index (Phi) is 4.29. The summed E-state index contributed by atoms with van der Waals surface area (Å²) in [6.07, 6.45) is 4.79. The number of carbonyl (C=O) groups is 1. The molecule has 1 amide bonds. The van der Waals surface area contributed by atoms with Gasteiger partial charge in [0.05, 0.1) is 5.92 Å². The zero-order chi connectivity index (χ0) is 14.8. The van der Waals surface area contributed by atoms with Crippen LogP contribution in [0.3, 0.4) is 0 Å². The van der Waals surface area contributed by atoms with Crippen LogP contribution in [-0.4, -0.2) is 18.5 Å². The first kappa shape index (κ1) is 14.6. The number of carbonyl (C=O) groups excluding carboxylic acids is 1. The predicted molar refractivity (Wildman–Crippen MR) is 85.4 cm³/mol. The molecule has 1 aromatic rings. The molecule has 0 saturated heterocycles. The first-order valence-electron chi connectivity index (χ1n) is 8.29. The van der Waals surface area contributed by atoms with Gasteiger partial charge in [0.2, 0.25) is 5.91 Å². The maximum Gasteiger partial charge on any atom is 0.229 e. The zero-order valence-corrected chi connectivity index (χ0v) is 13.1. The molecule has 0 spiro atoms. The van der Waals surface area contributed by atoms with E-state index in [0.29, 0.717) is 12.0 Å². The molecule has 0 bridgehead atoms. The lowest BCUT2D eigenvalue weighted by Crippen LogP contribution is -2.42. The average Bonchev–Trinajstić information content (AvgIpc) is 2.98. The summed E-state index contributed by atoms with van der Waals surface area (Å²) in [6, 6.07) is 7.02. The highest BCUT2D eigenvalue weighted by atomic mass is 16.2. The van der Waals surface area contributed by atoms with Gasteiger partial charge >= 0.3 is 0 Å². The SMILES string of the molecule is CC(C)c1ccc2c(c1)CNCC2C(=O)NC1CCCC1. The minimum atomic E-state index is -0.0319. The van der Waals surface area contributed by atoms with Gasteiger partial charge < -0.3 is 10.6 Å². The second-order valence-electron chi connectivity index (χ2n) is 6.79. The van der Waals surface area contributed by atoms with Crippen molar-refractivity contribution in [3.8, 4) is 0 Å². The van der Waals surface area contributed by atoms with Crippen LogP contribution >= 0.6 is 0 Å². The summed E-state index contributed by atoms with van der Waals surface area (Å²) in [5.74, 6) is 0.700. The number of nitrogens with one attached hydrogen (secondary N) is 2. The molecular formula is C18H26N2O. The van der Waals surface area contributed by atoms with Crippen molar-refractivity contribution in [2.75, 3.05) is 6.54 Å². The molecule has 0 radical (unpaired) electrons. The molecule has 1 fully saturated rings. The summed E-state index contributed by atoms with van der Waals surface area (Å²) in [6.45, 7) is 6.06. The third kappa shape index (κ3) is 3.13. The Balaban J connectivity index is 1.77. The molecule has 114 valence electrons. The zero-order valence-electron chi connectivity index (χ0n) is 13.1. The molecule has 1 aliphatic heterocycles. The lowest BCUT2D eigenvalue weighted by molar-refractivity contribution is -0.123. The molecule has 0 aromatic heterocycles. The lowest BCUT2D eigenvalue weighted by atomic mass is 9.87. The third-order valence-electron chi connectivity index (χ3n) is 4.89. The van der Waals surface area contributed by atoms with E-state index in [-0.39, 0.29) is 11.8 Å². The Hall–Kier alpha value is -1.35. The molecule has 2 aliphatic rings. The molecule has 21 heavy (non-hydrogen) atoms. The minimum Gasteiger partial charge on any atom is -0.353 e. The number of fused-ring (bicyclic) bond motifs is 1.